The molecule has 0 aliphatic rings. The third kappa shape index (κ3) is 4.58. The number of halogens is 1. The van der Waals surface area contributed by atoms with E-state index in [4.69, 9.17) is 0 Å². The topological polar surface area (TPSA) is 46.9 Å². The largest absolute Gasteiger partial charge is 0.311 e. The summed E-state index contributed by atoms with van der Waals surface area (Å²) in [5.41, 5.74) is 1.25. The van der Waals surface area contributed by atoms with Gasteiger partial charge in [-0.1, -0.05) is 26.8 Å². The summed E-state index contributed by atoms with van der Waals surface area (Å²) < 4.78 is 15.1. The number of carbonyl (C=O) groups is 1. The molecule has 0 saturated heterocycles. The molecule has 0 unspecified atom stereocenters. The van der Waals surface area contributed by atoms with Crippen molar-refractivity contribution >= 4 is 23.5 Å². The molecule has 1 aromatic carbocycles. The summed E-state index contributed by atoms with van der Waals surface area (Å²) in [5, 5.41) is 7.44. The van der Waals surface area contributed by atoms with E-state index in [1.54, 1.807) is 28.6 Å². The maximum absolute atomic E-state index is 13.5. The van der Waals surface area contributed by atoms with Crippen LogP contribution in [0.2, 0.25) is 0 Å². The van der Waals surface area contributed by atoms with E-state index in [0.717, 1.165) is 11.4 Å². The fraction of sp³-hybridized carbons (Fsp3) is 0.412. The molecule has 6 heteroatoms. The lowest BCUT2D eigenvalue weighted by atomic mass is 9.92. The van der Waals surface area contributed by atoms with E-state index in [0.29, 0.717) is 17.9 Å². The molecular formula is C17H22FN3OS. The van der Waals surface area contributed by atoms with Crippen LogP contribution in [0.4, 0.5) is 10.2 Å². The zero-order chi connectivity index (χ0) is 17.0. The summed E-state index contributed by atoms with van der Waals surface area (Å²) in [6.07, 6.45) is 2.39. The molecule has 23 heavy (non-hydrogen) atoms. The van der Waals surface area contributed by atoms with E-state index in [1.165, 1.54) is 12.1 Å². The second-order valence-electron chi connectivity index (χ2n) is 6.35. The molecule has 1 aromatic heterocycles. The van der Waals surface area contributed by atoms with E-state index in [1.807, 2.05) is 33.1 Å². The van der Waals surface area contributed by atoms with Crippen LogP contribution < -0.4 is 5.32 Å². The number of nitrogens with zero attached hydrogens (tertiary/aromatic N) is 2. The number of aromatic nitrogens is 2. The maximum atomic E-state index is 13.5. The van der Waals surface area contributed by atoms with Crippen LogP contribution in [0.5, 0.6) is 0 Å². The second kappa shape index (κ2) is 7.17. The van der Waals surface area contributed by atoms with Gasteiger partial charge in [-0.15, -0.1) is 0 Å². The highest BCUT2D eigenvalue weighted by atomic mass is 32.2. The average Bonchev–Trinajstić information content (AvgIpc) is 2.89. The Labute approximate surface area is 140 Å². The van der Waals surface area contributed by atoms with Gasteiger partial charge in [-0.05, 0) is 24.5 Å². The second-order valence-corrected chi connectivity index (χ2v) is 7.33. The van der Waals surface area contributed by atoms with Crippen molar-refractivity contribution < 1.29 is 9.18 Å². The zero-order valence-corrected chi connectivity index (χ0v) is 14.7. The molecule has 0 spiro atoms. The number of thioether (sulfide) groups is 1. The first-order valence-corrected chi connectivity index (χ1v) is 8.86. The predicted molar refractivity (Wildman–Crippen MR) is 93.9 cm³/mol. The Kier molecular flexibility index (Phi) is 5.46. The summed E-state index contributed by atoms with van der Waals surface area (Å²) in [4.78, 5) is 12.0. The Bertz CT molecular complexity index is 691. The van der Waals surface area contributed by atoms with Gasteiger partial charge < -0.3 is 5.32 Å². The van der Waals surface area contributed by atoms with E-state index < -0.39 is 0 Å². The Hall–Kier alpha value is -1.82. The molecule has 0 atom stereocenters. The molecule has 0 aliphatic carbocycles. The fourth-order valence-electron chi connectivity index (χ4n) is 2.04. The molecule has 2 aromatic rings. The Morgan fingerprint density at radius 2 is 2.09 bits per heavy atom. The Balaban J connectivity index is 2.39. The lowest BCUT2D eigenvalue weighted by Crippen LogP contribution is -2.15. The van der Waals surface area contributed by atoms with Gasteiger partial charge in [-0.2, -0.15) is 16.9 Å². The zero-order valence-electron chi connectivity index (χ0n) is 13.9. The molecule has 0 saturated carbocycles. The van der Waals surface area contributed by atoms with Crippen LogP contribution in [0, 0.1) is 5.82 Å². The number of benzene rings is 1. The van der Waals surface area contributed by atoms with Gasteiger partial charge in [0.05, 0.1) is 11.4 Å². The first-order chi connectivity index (χ1) is 10.8. The highest BCUT2D eigenvalue weighted by Crippen LogP contribution is 2.26. The third-order valence-electron chi connectivity index (χ3n) is 3.33. The molecule has 0 bridgehead atoms. The van der Waals surface area contributed by atoms with Crippen molar-refractivity contribution in [2.45, 2.75) is 32.6 Å². The number of anilines is 1. The SMILES string of the molecule is CSCCC(=O)Nc1cc(C(C)(C)C)nn1-c1cccc(F)c1. The van der Waals surface area contributed by atoms with E-state index in [-0.39, 0.29) is 17.1 Å². The first kappa shape index (κ1) is 17.5. The van der Waals surface area contributed by atoms with Crippen molar-refractivity contribution in [3.05, 3.63) is 41.8 Å². The fourth-order valence-corrected chi connectivity index (χ4v) is 2.43. The van der Waals surface area contributed by atoms with Crippen LogP contribution in [-0.4, -0.2) is 27.7 Å². The van der Waals surface area contributed by atoms with Gasteiger partial charge in [0.25, 0.3) is 0 Å². The third-order valence-corrected chi connectivity index (χ3v) is 3.94. The van der Waals surface area contributed by atoms with Gasteiger partial charge in [0, 0.05) is 23.7 Å². The standard InChI is InChI=1S/C17H22FN3OS/c1-17(2,3)14-11-15(19-16(22)8-9-23-4)21(20-14)13-7-5-6-12(18)10-13/h5-7,10-11H,8-9H2,1-4H3,(H,19,22). The van der Waals surface area contributed by atoms with Gasteiger partial charge in [0.2, 0.25) is 5.91 Å². The van der Waals surface area contributed by atoms with Crippen molar-refractivity contribution in [3.63, 3.8) is 0 Å². The van der Waals surface area contributed by atoms with Gasteiger partial charge in [-0.25, -0.2) is 9.07 Å². The molecule has 0 fully saturated rings. The molecular weight excluding hydrogens is 313 g/mol. The number of nitrogens with one attached hydrogen (secondary N) is 1. The van der Waals surface area contributed by atoms with Crippen molar-refractivity contribution in [1.82, 2.24) is 9.78 Å². The number of hydrogen-bond donors (Lipinski definition) is 1. The molecule has 124 valence electrons. The summed E-state index contributed by atoms with van der Waals surface area (Å²) in [7, 11) is 0. The van der Waals surface area contributed by atoms with Crippen LogP contribution in [-0.2, 0) is 10.2 Å². The van der Waals surface area contributed by atoms with Gasteiger partial charge in [0.15, 0.2) is 0 Å². The molecule has 1 amide bonds. The molecule has 2 rings (SSSR count). The normalized spacial score (nSPS) is 11.5. The first-order valence-electron chi connectivity index (χ1n) is 7.46. The van der Waals surface area contributed by atoms with Crippen molar-refractivity contribution in [2.75, 3.05) is 17.3 Å². The van der Waals surface area contributed by atoms with Gasteiger partial charge in [0.1, 0.15) is 11.6 Å². The monoisotopic (exact) mass is 335 g/mol. The number of hydrogen-bond acceptors (Lipinski definition) is 3. The highest BCUT2D eigenvalue weighted by molar-refractivity contribution is 7.98. The number of rotatable bonds is 5. The van der Waals surface area contributed by atoms with Crippen molar-refractivity contribution in [2.24, 2.45) is 0 Å². The average molecular weight is 335 g/mol. The summed E-state index contributed by atoms with van der Waals surface area (Å²) in [6, 6.07) is 8.02. The lowest BCUT2D eigenvalue weighted by Gasteiger charge is -2.14. The minimum atomic E-state index is -0.338. The van der Waals surface area contributed by atoms with Crippen LogP contribution in [0.25, 0.3) is 5.69 Å². The van der Waals surface area contributed by atoms with E-state index >= 15 is 0 Å². The molecule has 0 aliphatic heterocycles. The minimum absolute atomic E-state index is 0.0719. The lowest BCUT2D eigenvalue weighted by molar-refractivity contribution is -0.115. The minimum Gasteiger partial charge on any atom is -0.311 e. The van der Waals surface area contributed by atoms with Crippen LogP contribution in [0.3, 0.4) is 0 Å². The Morgan fingerprint density at radius 3 is 2.70 bits per heavy atom. The van der Waals surface area contributed by atoms with Crippen LogP contribution in [0.1, 0.15) is 32.9 Å². The summed E-state index contributed by atoms with van der Waals surface area (Å²) >= 11 is 1.62. The summed E-state index contributed by atoms with van der Waals surface area (Å²) in [6.45, 7) is 6.14. The van der Waals surface area contributed by atoms with Crippen LogP contribution in [0.15, 0.2) is 30.3 Å². The molecule has 4 nitrogen and oxygen atoms in total. The van der Waals surface area contributed by atoms with Crippen molar-refractivity contribution in [3.8, 4) is 5.69 Å². The number of carbonyl (C=O) groups excluding carboxylic acids is 1. The number of amides is 1. The Morgan fingerprint density at radius 1 is 1.35 bits per heavy atom. The predicted octanol–water partition coefficient (Wildman–Crippen LogP) is 4.00. The van der Waals surface area contributed by atoms with E-state index in [9.17, 15) is 9.18 Å². The summed E-state index contributed by atoms with van der Waals surface area (Å²) in [5.74, 6) is 0.908. The highest BCUT2D eigenvalue weighted by Gasteiger charge is 2.21. The van der Waals surface area contributed by atoms with Crippen molar-refractivity contribution in [1.29, 1.82) is 0 Å². The molecule has 1 N–H and O–H groups in total. The molecule has 0 radical (unpaired) electrons. The maximum Gasteiger partial charge on any atom is 0.226 e. The van der Waals surface area contributed by atoms with Gasteiger partial charge in [-0.3, -0.25) is 4.79 Å². The smallest absolute Gasteiger partial charge is 0.226 e. The van der Waals surface area contributed by atoms with E-state index in [2.05, 4.69) is 10.4 Å². The quantitative estimate of drug-likeness (QED) is 0.898. The molecule has 1 heterocycles. The van der Waals surface area contributed by atoms with Crippen LogP contribution >= 0.6 is 11.8 Å². The van der Waals surface area contributed by atoms with Gasteiger partial charge >= 0.3 is 0 Å².